The number of nitrogens with zero attached hydrogens (tertiary/aromatic N) is 1. The first-order valence-corrected chi connectivity index (χ1v) is 7.51. The number of hydrogen-bond donors (Lipinski definition) is 1. The van der Waals surface area contributed by atoms with Crippen molar-refractivity contribution >= 4 is 11.6 Å². The monoisotopic (exact) mass is 308 g/mol. The van der Waals surface area contributed by atoms with Crippen LogP contribution in [0.25, 0.3) is 0 Å². The van der Waals surface area contributed by atoms with Crippen LogP contribution in [0.3, 0.4) is 0 Å². The van der Waals surface area contributed by atoms with Crippen LogP contribution in [0.15, 0.2) is 12.1 Å². The van der Waals surface area contributed by atoms with Crippen molar-refractivity contribution in [2.24, 2.45) is 0 Å². The average molecular weight is 308 g/mol. The molecule has 1 aliphatic rings. The summed E-state index contributed by atoms with van der Waals surface area (Å²) in [5.74, 6) is 1.95. The highest BCUT2D eigenvalue weighted by Crippen LogP contribution is 2.39. The smallest absolute Gasteiger partial charge is 0.224 e. The van der Waals surface area contributed by atoms with Gasteiger partial charge in [0.25, 0.3) is 0 Å². The molecule has 2 rings (SSSR count). The van der Waals surface area contributed by atoms with Gasteiger partial charge in [-0.25, -0.2) is 0 Å². The van der Waals surface area contributed by atoms with Gasteiger partial charge in [-0.3, -0.25) is 4.79 Å². The van der Waals surface area contributed by atoms with Crippen molar-refractivity contribution in [3.05, 3.63) is 12.1 Å². The maximum Gasteiger partial charge on any atom is 0.224 e. The molecule has 0 atom stereocenters. The van der Waals surface area contributed by atoms with Crippen LogP contribution < -0.4 is 19.5 Å². The molecule has 1 aromatic carbocycles. The van der Waals surface area contributed by atoms with E-state index >= 15 is 0 Å². The summed E-state index contributed by atoms with van der Waals surface area (Å²) in [6, 6.07) is 3.67. The first-order valence-electron chi connectivity index (χ1n) is 7.51. The van der Waals surface area contributed by atoms with Crippen LogP contribution in [0.1, 0.15) is 19.3 Å². The van der Waals surface area contributed by atoms with E-state index in [9.17, 15) is 4.79 Å². The van der Waals surface area contributed by atoms with E-state index in [0.29, 0.717) is 30.2 Å². The van der Waals surface area contributed by atoms with Crippen LogP contribution in [0, 0.1) is 0 Å². The largest absolute Gasteiger partial charge is 0.493 e. The summed E-state index contributed by atoms with van der Waals surface area (Å²) in [4.78, 5) is 13.9. The van der Waals surface area contributed by atoms with Crippen molar-refractivity contribution in [1.82, 2.24) is 4.90 Å². The Hall–Kier alpha value is -2.11. The third-order valence-corrected chi connectivity index (χ3v) is 3.79. The summed E-state index contributed by atoms with van der Waals surface area (Å²) >= 11 is 0. The number of carbonyl (C=O) groups is 1. The maximum atomic E-state index is 12.0. The van der Waals surface area contributed by atoms with Gasteiger partial charge >= 0.3 is 0 Å². The van der Waals surface area contributed by atoms with Gasteiger partial charge in [-0.2, -0.15) is 0 Å². The summed E-state index contributed by atoms with van der Waals surface area (Å²) < 4.78 is 15.9. The predicted octanol–water partition coefficient (Wildman–Crippen LogP) is 2.14. The van der Waals surface area contributed by atoms with Crippen molar-refractivity contribution in [3.63, 3.8) is 0 Å². The Kier molecular flexibility index (Phi) is 5.75. The number of likely N-dealkylation sites (tertiary alicyclic amines) is 1. The molecule has 22 heavy (non-hydrogen) atoms. The average Bonchev–Trinajstić information content (AvgIpc) is 3.08. The number of carbonyl (C=O) groups excluding carboxylic acids is 1. The lowest BCUT2D eigenvalue weighted by Gasteiger charge is -2.17. The molecule has 6 heteroatoms. The number of rotatable bonds is 7. The molecule has 0 unspecified atom stereocenters. The minimum absolute atomic E-state index is 0.206. The quantitative estimate of drug-likeness (QED) is 0.836. The molecule has 1 N–H and O–H groups in total. The molecular formula is C16H24N2O4. The summed E-state index contributed by atoms with van der Waals surface area (Å²) in [6.07, 6.45) is 2.72. The number of hydrogen-bond acceptors (Lipinski definition) is 5. The highest BCUT2D eigenvalue weighted by atomic mass is 16.5. The van der Waals surface area contributed by atoms with E-state index in [0.717, 1.165) is 31.6 Å². The zero-order valence-electron chi connectivity index (χ0n) is 13.5. The van der Waals surface area contributed by atoms with Gasteiger partial charge in [0.1, 0.15) is 0 Å². The van der Waals surface area contributed by atoms with Crippen molar-refractivity contribution in [1.29, 1.82) is 0 Å². The van der Waals surface area contributed by atoms with Crippen LogP contribution >= 0.6 is 0 Å². The Morgan fingerprint density at radius 2 is 1.68 bits per heavy atom. The van der Waals surface area contributed by atoms with E-state index in [1.54, 1.807) is 21.3 Å². The van der Waals surface area contributed by atoms with Gasteiger partial charge in [0, 0.05) is 43.9 Å². The third kappa shape index (κ3) is 3.75. The molecule has 1 saturated heterocycles. The van der Waals surface area contributed by atoms with E-state index in [2.05, 4.69) is 5.32 Å². The fraction of sp³-hybridized carbons (Fsp3) is 0.562. The van der Waals surface area contributed by atoms with Gasteiger partial charge in [0.2, 0.25) is 11.7 Å². The number of anilines is 1. The zero-order chi connectivity index (χ0) is 15.9. The molecule has 1 heterocycles. The highest BCUT2D eigenvalue weighted by Gasteiger charge is 2.17. The van der Waals surface area contributed by atoms with Crippen molar-refractivity contribution in [3.8, 4) is 17.2 Å². The van der Waals surface area contributed by atoms with Crippen molar-refractivity contribution in [2.75, 3.05) is 46.3 Å². The molecule has 0 aliphatic carbocycles. The van der Waals surface area contributed by atoms with E-state index in [1.807, 2.05) is 17.0 Å². The number of ether oxygens (including phenoxy) is 3. The Morgan fingerprint density at radius 1 is 1.09 bits per heavy atom. The Labute approximate surface area is 131 Å². The highest BCUT2D eigenvalue weighted by molar-refractivity contribution is 5.77. The fourth-order valence-electron chi connectivity index (χ4n) is 2.62. The second kappa shape index (κ2) is 7.77. The second-order valence-electron chi connectivity index (χ2n) is 5.18. The summed E-state index contributed by atoms with van der Waals surface area (Å²) in [5.41, 5.74) is 0.837. The van der Waals surface area contributed by atoms with Gasteiger partial charge in [-0.05, 0) is 12.8 Å². The van der Waals surface area contributed by atoms with Gasteiger partial charge in [-0.15, -0.1) is 0 Å². The van der Waals surface area contributed by atoms with Crippen LogP contribution in [-0.4, -0.2) is 51.8 Å². The van der Waals surface area contributed by atoms with E-state index in [1.165, 1.54) is 0 Å². The number of methoxy groups -OCH3 is 3. The van der Waals surface area contributed by atoms with Crippen molar-refractivity contribution in [2.45, 2.75) is 19.3 Å². The SMILES string of the molecule is COc1cc(NCCC(=O)N2CCCC2)cc(OC)c1OC. The maximum absolute atomic E-state index is 12.0. The van der Waals surface area contributed by atoms with Gasteiger partial charge in [-0.1, -0.05) is 0 Å². The molecule has 0 radical (unpaired) electrons. The second-order valence-corrected chi connectivity index (χ2v) is 5.18. The molecule has 0 aromatic heterocycles. The third-order valence-electron chi connectivity index (χ3n) is 3.79. The zero-order valence-corrected chi connectivity index (χ0v) is 13.5. The minimum atomic E-state index is 0.206. The van der Waals surface area contributed by atoms with Crippen molar-refractivity contribution < 1.29 is 19.0 Å². The fourth-order valence-corrected chi connectivity index (χ4v) is 2.62. The standard InChI is InChI=1S/C16H24N2O4/c1-20-13-10-12(11-14(21-2)16(13)22-3)17-7-6-15(19)18-8-4-5-9-18/h10-11,17H,4-9H2,1-3H3. The number of nitrogens with one attached hydrogen (secondary N) is 1. The number of amides is 1. The molecule has 6 nitrogen and oxygen atoms in total. The Bertz CT molecular complexity index is 488. The molecule has 0 saturated carbocycles. The van der Waals surface area contributed by atoms with E-state index in [4.69, 9.17) is 14.2 Å². The first kappa shape index (κ1) is 16.3. The molecular weight excluding hydrogens is 284 g/mol. The van der Waals surface area contributed by atoms with Crippen LogP contribution in [0.2, 0.25) is 0 Å². The number of benzene rings is 1. The lowest BCUT2D eigenvalue weighted by molar-refractivity contribution is -0.129. The normalized spacial score (nSPS) is 13.9. The van der Waals surface area contributed by atoms with Crippen LogP contribution in [-0.2, 0) is 4.79 Å². The van der Waals surface area contributed by atoms with Crippen LogP contribution in [0.5, 0.6) is 17.2 Å². The molecule has 1 aromatic rings. The molecule has 1 amide bonds. The minimum Gasteiger partial charge on any atom is -0.493 e. The topological polar surface area (TPSA) is 60.0 Å². The summed E-state index contributed by atoms with van der Waals surface area (Å²) in [7, 11) is 4.73. The molecule has 1 fully saturated rings. The molecule has 1 aliphatic heterocycles. The summed E-state index contributed by atoms with van der Waals surface area (Å²) in [5, 5.41) is 3.24. The summed E-state index contributed by atoms with van der Waals surface area (Å²) in [6.45, 7) is 2.36. The van der Waals surface area contributed by atoms with E-state index in [-0.39, 0.29) is 5.91 Å². The van der Waals surface area contributed by atoms with Gasteiger partial charge < -0.3 is 24.4 Å². The lowest BCUT2D eigenvalue weighted by atomic mass is 10.2. The van der Waals surface area contributed by atoms with E-state index < -0.39 is 0 Å². The Morgan fingerprint density at radius 3 is 2.18 bits per heavy atom. The predicted molar refractivity (Wildman–Crippen MR) is 85.0 cm³/mol. The molecule has 0 spiro atoms. The van der Waals surface area contributed by atoms with Gasteiger partial charge in [0.15, 0.2) is 11.5 Å². The van der Waals surface area contributed by atoms with Crippen LogP contribution in [0.4, 0.5) is 5.69 Å². The first-order chi connectivity index (χ1) is 10.7. The molecule has 122 valence electrons. The van der Waals surface area contributed by atoms with Gasteiger partial charge in [0.05, 0.1) is 21.3 Å². The Balaban J connectivity index is 1.96. The lowest BCUT2D eigenvalue weighted by Crippen LogP contribution is -2.29. The molecule has 0 bridgehead atoms.